The Morgan fingerprint density at radius 3 is 2.34 bits per heavy atom. The van der Waals surface area contributed by atoms with Gasteiger partial charge < -0.3 is 14.7 Å². The maximum Gasteiger partial charge on any atom is 0.288 e. The molecule has 0 atom stereocenters. The second-order valence-electron chi connectivity index (χ2n) is 6.58. The van der Waals surface area contributed by atoms with E-state index in [0.29, 0.717) is 48.4 Å². The molecule has 0 radical (unpaired) electrons. The first-order chi connectivity index (χ1) is 14.0. The average molecular weight is 422 g/mol. The van der Waals surface area contributed by atoms with Crippen LogP contribution in [-0.2, 0) is 0 Å². The third kappa shape index (κ3) is 5.14. The van der Waals surface area contributed by atoms with Crippen molar-refractivity contribution >= 4 is 29.3 Å². The highest BCUT2D eigenvalue weighted by Crippen LogP contribution is 2.29. The van der Waals surface area contributed by atoms with Crippen molar-refractivity contribution < 1.29 is 13.6 Å². The van der Waals surface area contributed by atoms with Crippen LogP contribution in [-0.4, -0.2) is 66.0 Å². The normalized spacial score (nSPS) is 14.4. The summed E-state index contributed by atoms with van der Waals surface area (Å²) in [4.78, 5) is 19.1. The summed E-state index contributed by atoms with van der Waals surface area (Å²) in [6.07, 6.45) is 0. The number of carbonyl (C=O) groups excluding carboxylic acids is 1. The van der Waals surface area contributed by atoms with Gasteiger partial charge in [0.25, 0.3) is 11.7 Å². The maximum atomic E-state index is 12.8. The number of halogens is 2. The van der Waals surface area contributed by atoms with Crippen molar-refractivity contribution in [1.82, 2.24) is 15.1 Å². The van der Waals surface area contributed by atoms with Crippen molar-refractivity contribution in [3.63, 3.8) is 0 Å². The summed E-state index contributed by atoms with van der Waals surface area (Å²) in [7, 11) is 0. The molecule has 1 aliphatic heterocycles. The fourth-order valence-electron chi connectivity index (χ4n) is 3.35. The lowest BCUT2D eigenvalue weighted by Crippen LogP contribution is -2.49. The SMILES string of the molecule is CCN(CC)c1ccc(N2CCN(C(=O)c3ccccc3SC(F)F)CC2)nn1. The summed E-state index contributed by atoms with van der Waals surface area (Å²) in [6, 6.07) is 10.5. The molecule has 6 nitrogen and oxygen atoms in total. The number of rotatable bonds is 7. The fraction of sp³-hybridized carbons (Fsp3) is 0.450. The minimum absolute atomic E-state index is 0.212. The van der Waals surface area contributed by atoms with Crippen LogP contribution < -0.4 is 9.80 Å². The number of alkyl halides is 2. The van der Waals surface area contributed by atoms with Gasteiger partial charge in [0.15, 0.2) is 11.6 Å². The van der Waals surface area contributed by atoms with Gasteiger partial charge in [-0.25, -0.2) is 0 Å². The van der Waals surface area contributed by atoms with Gasteiger partial charge in [-0.3, -0.25) is 4.79 Å². The average Bonchev–Trinajstić information content (AvgIpc) is 2.75. The Morgan fingerprint density at radius 2 is 1.76 bits per heavy atom. The predicted molar refractivity (Wildman–Crippen MR) is 112 cm³/mol. The summed E-state index contributed by atoms with van der Waals surface area (Å²) in [5.74, 6) is -1.14. The van der Waals surface area contributed by atoms with Gasteiger partial charge in [0.05, 0.1) is 5.56 Å². The molecule has 1 saturated heterocycles. The number of nitrogens with zero attached hydrogens (tertiary/aromatic N) is 5. The van der Waals surface area contributed by atoms with Crippen LogP contribution in [0.2, 0.25) is 0 Å². The zero-order chi connectivity index (χ0) is 20.8. The molecule has 29 heavy (non-hydrogen) atoms. The van der Waals surface area contributed by atoms with Gasteiger partial charge in [0, 0.05) is 44.2 Å². The summed E-state index contributed by atoms with van der Waals surface area (Å²) >= 11 is 0.409. The molecule has 0 N–H and O–H groups in total. The van der Waals surface area contributed by atoms with Crippen molar-refractivity contribution in [2.24, 2.45) is 0 Å². The van der Waals surface area contributed by atoms with Crippen LogP contribution >= 0.6 is 11.8 Å². The zero-order valence-electron chi connectivity index (χ0n) is 16.6. The highest BCUT2D eigenvalue weighted by atomic mass is 32.2. The van der Waals surface area contributed by atoms with Crippen LogP contribution in [0.15, 0.2) is 41.3 Å². The van der Waals surface area contributed by atoms with Crippen LogP contribution in [0.5, 0.6) is 0 Å². The van der Waals surface area contributed by atoms with Crippen LogP contribution in [0.1, 0.15) is 24.2 Å². The van der Waals surface area contributed by atoms with E-state index in [2.05, 4.69) is 33.8 Å². The third-order valence-electron chi connectivity index (χ3n) is 4.95. The minimum atomic E-state index is -2.56. The van der Waals surface area contributed by atoms with Crippen molar-refractivity contribution in [1.29, 1.82) is 0 Å². The van der Waals surface area contributed by atoms with E-state index in [1.807, 2.05) is 12.1 Å². The zero-order valence-corrected chi connectivity index (χ0v) is 17.4. The fourth-order valence-corrected chi connectivity index (χ4v) is 3.99. The molecule has 1 aliphatic rings. The molecular weight excluding hydrogens is 396 g/mol. The number of hydrogen-bond donors (Lipinski definition) is 0. The van der Waals surface area contributed by atoms with Gasteiger partial charge in [-0.1, -0.05) is 23.9 Å². The number of carbonyl (C=O) groups is 1. The number of piperazine rings is 1. The molecule has 1 aromatic carbocycles. The van der Waals surface area contributed by atoms with E-state index in [4.69, 9.17) is 0 Å². The number of amides is 1. The van der Waals surface area contributed by atoms with E-state index in [-0.39, 0.29) is 5.91 Å². The molecule has 2 aromatic rings. The molecule has 0 spiro atoms. The lowest BCUT2D eigenvalue weighted by Gasteiger charge is -2.35. The molecular formula is C20H25F2N5OS. The first-order valence-electron chi connectivity index (χ1n) is 9.70. The maximum absolute atomic E-state index is 12.8. The Morgan fingerprint density at radius 1 is 1.07 bits per heavy atom. The third-order valence-corrected chi connectivity index (χ3v) is 5.74. The number of anilines is 2. The van der Waals surface area contributed by atoms with Gasteiger partial charge >= 0.3 is 0 Å². The molecule has 0 aliphatic carbocycles. The van der Waals surface area contributed by atoms with E-state index in [1.54, 1.807) is 29.2 Å². The Bertz CT molecular complexity index is 809. The van der Waals surface area contributed by atoms with Gasteiger partial charge in [-0.05, 0) is 38.1 Å². The van der Waals surface area contributed by atoms with E-state index < -0.39 is 5.76 Å². The Balaban J connectivity index is 1.63. The van der Waals surface area contributed by atoms with Crippen molar-refractivity contribution in [3.8, 4) is 0 Å². The minimum Gasteiger partial charge on any atom is -0.356 e. The van der Waals surface area contributed by atoms with Gasteiger partial charge in [-0.2, -0.15) is 8.78 Å². The lowest BCUT2D eigenvalue weighted by atomic mass is 10.2. The summed E-state index contributed by atoms with van der Waals surface area (Å²) in [5.41, 5.74) is 0.328. The van der Waals surface area contributed by atoms with Crippen molar-refractivity contribution in [2.75, 3.05) is 49.1 Å². The molecule has 1 fully saturated rings. The van der Waals surface area contributed by atoms with Crippen LogP contribution in [0.3, 0.4) is 0 Å². The summed E-state index contributed by atoms with van der Waals surface area (Å²) in [5, 5.41) is 8.65. The quantitative estimate of drug-likeness (QED) is 0.637. The molecule has 1 aromatic heterocycles. The van der Waals surface area contributed by atoms with Crippen molar-refractivity contribution in [3.05, 3.63) is 42.0 Å². The highest BCUT2D eigenvalue weighted by Gasteiger charge is 2.25. The lowest BCUT2D eigenvalue weighted by molar-refractivity contribution is 0.0743. The van der Waals surface area contributed by atoms with E-state index >= 15 is 0 Å². The molecule has 0 unspecified atom stereocenters. The number of thioether (sulfide) groups is 1. The molecule has 0 bridgehead atoms. The first kappa shape index (κ1) is 21.3. The summed E-state index contributed by atoms with van der Waals surface area (Å²) < 4.78 is 25.6. The highest BCUT2D eigenvalue weighted by molar-refractivity contribution is 7.99. The summed E-state index contributed by atoms with van der Waals surface area (Å²) in [6.45, 7) is 8.15. The molecule has 2 heterocycles. The van der Waals surface area contributed by atoms with Gasteiger partial charge in [-0.15, -0.1) is 10.2 Å². The molecule has 156 valence electrons. The largest absolute Gasteiger partial charge is 0.356 e. The van der Waals surface area contributed by atoms with Crippen molar-refractivity contribution in [2.45, 2.75) is 24.5 Å². The number of benzene rings is 1. The van der Waals surface area contributed by atoms with Crippen LogP contribution in [0.25, 0.3) is 0 Å². The standard InChI is InChI=1S/C20H25F2N5OS/c1-3-25(4-2)17-9-10-18(24-23-17)26-11-13-27(14-12-26)19(28)15-7-5-6-8-16(15)29-20(21)22/h5-10,20H,3-4,11-14H2,1-2H3. The monoisotopic (exact) mass is 421 g/mol. The molecule has 3 rings (SSSR count). The second-order valence-corrected chi connectivity index (χ2v) is 7.61. The van der Waals surface area contributed by atoms with Gasteiger partial charge in [0.1, 0.15) is 0 Å². The number of aromatic nitrogens is 2. The molecule has 1 amide bonds. The van der Waals surface area contributed by atoms with E-state index in [1.165, 1.54) is 0 Å². The second kappa shape index (κ2) is 9.87. The Kier molecular flexibility index (Phi) is 7.24. The van der Waals surface area contributed by atoms with Crippen LogP contribution in [0, 0.1) is 0 Å². The van der Waals surface area contributed by atoms with E-state index in [0.717, 1.165) is 24.7 Å². The molecule has 9 heteroatoms. The Hall–Kier alpha value is -2.42. The van der Waals surface area contributed by atoms with E-state index in [9.17, 15) is 13.6 Å². The Labute approximate surface area is 173 Å². The molecule has 0 saturated carbocycles. The van der Waals surface area contributed by atoms with Crippen LogP contribution in [0.4, 0.5) is 20.4 Å². The smallest absolute Gasteiger partial charge is 0.288 e. The number of hydrogen-bond acceptors (Lipinski definition) is 6. The predicted octanol–water partition coefficient (Wildman–Crippen LogP) is 3.60. The first-order valence-corrected chi connectivity index (χ1v) is 10.6. The topological polar surface area (TPSA) is 52.6 Å². The van der Waals surface area contributed by atoms with Gasteiger partial charge in [0.2, 0.25) is 0 Å².